The molecule has 0 spiro atoms. The summed E-state index contributed by atoms with van der Waals surface area (Å²) >= 11 is 0. The van der Waals surface area contributed by atoms with Gasteiger partial charge in [-0.1, -0.05) is 0 Å². The van der Waals surface area contributed by atoms with Crippen LogP contribution in [-0.4, -0.2) is 29.3 Å². The highest BCUT2D eigenvalue weighted by Gasteiger charge is 2.25. The van der Waals surface area contributed by atoms with Crippen molar-refractivity contribution in [1.82, 2.24) is 4.98 Å². The Morgan fingerprint density at radius 3 is 2.54 bits per heavy atom. The molecule has 28 heavy (non-hydrogen) atoms. The van der Waals surface area contributed by atoms with E-state index >= 15 is 0 Å². The zero-order valence-corrected chi connectivity index (χ0v) is 15.4. The lowest BCUT2D eigenvalue weighted by atomic mass is 10.1. The molecule has 1 aliphatic carbocycles. The monoisotopic (exact) mass is 380 g/mol. The molecular weight excluding hydrogens is 360 g/mol. The van der Waals surface area contributed by atoms with Gasteiger partial charge >= 0.3 is 5.97 Å². The van der Waals surface area contributed by atoms with Gasteiger partial charge in [0.05, 0.1) is 31.5 Å². The van der Waals surface area contributed by atoms with Gasteiger partial charge in [0.25, 0.3) is 0 Å². The second-order valence-corrected chi connectivity index (χ2v) is 6.56. The molecule has 0 bridgehead atoms. The third-order valence-electron chi connectivity index (χ3n) is 4.50. The van der Waals surface area contributed by atoms with Crippen LogP contribution in [0.25, 0.3) is 0 Å². The fourth-order valence-corrected chi connectivity index (χ4v) is 2.88. The number of oxazole rings is 1. The van der Waals surface area contributed by atoms with Gasteiger partial charge in [-0.2, -0.15) is 0 Å². The molecule has 3 aromatic rings. The topological polar surface area (TPSA) is 85.0 Å². The Morgan fingerprint density at radius 1 is 1.18 bits per heavy atom. The first-order chi connectivity index (χ1) is 13.6. The Hall–Kier alpha value is -3.48. The summed E-state index contributed by atoms with van der Waals surface area (Å²) in [5.41, 5.74) is 1.93. The standard InChI is InChI=1S/C21H20N2O5/c1-26-19-9-6-16(10-20(19)28-17-7-8-17)23(12-18-11-22-13-27-18)15-4-2-14(3-5-15)21(24)25/h2-6,9-11,13,17H,7-8,12H2,1H3,(H,24,25). The van der Waals surface area contributed by atoms with Crippen molar-refractivity contribution in [3.63, 3.8) is 0 Å². The SMILES string of the molecule is COc1ccc(N(Cc2cnco2)c2ccc(C(=O)O)cc2)cc1OC1CC1. The zero-order valence-electron chi connectivity index (χ0n) is 15.4. The van der Waals surface area contributed by atoms with Gasteiger partial charge in [-0.15, -0.1) is 0 Å². The molecule has 7 heteroatoms. The first-order valence-electron chi connectivity index (χ1n) is 8.97. The summed E-state index contributed by atoms with van der Waals surface area (Å²) in [4.78, 5) is 17.1. The van der Waals surface area contributed by atoms with Crippen LogP contribution in [0, 0.1) is 0 Å². The third-order valence-corrected chi connectivity index (χ3v) is 4.50. The van der Waals surface area contributed by atoms with Gasteiger partial charge in [-0.05, 0) is 49.2 Å². The fourth-order valence-electron chi connectivity index (χ4n) is 2.88. The lowest BCUT2D eigenvalue weighted by Crippen LogP contribution is -2.16. The predicted octanol–water partition coefficient (Wildman–Crippen LogP) is 4.26. The maximum absolute atomic E-state index is 11.2. The van der Waals surface area contributed by atoms with Crippen molar-refractivity contribution in [3.05, 3.63) is 66.4 Å². The average Bonchev–Trinajstić information content (AvgIpc) is 3.37. The molecule has 1 aliphatic rings. The molecule has 1 heterocycles. The second-order valence-electron chi connectivity index (χ2n) is 6.56. The predicted molar refractivity (Wildman–Crippen MR) is 102 cm³/mol. The number of carboxylic acid groups (broad SMARTS) is 1. The van der Waals surface area contributed by atoms with E-state index in [0.29, 0.717) is 23.8 Å². The minimum Gasteiger partial charge on any atom is -0.493 e. The number of hydrogen-bond acceptors (Lipinski definition) is 6. The largest absolute Gasteiger partial charge is 0.493 e. The number of ether oxygens (including phenoxy) is 2. The summed E-state index contributed by atoms with van der Waals surface area (Å²) in [5.74, 6) is 1.09. The van der Waals surface area contributed by atoms with Crippen molar-refractivity contribution in [1.29, 1.82) is 0 Å². The van der Waals surface area contributed by atoms with E-state index in [2.05, 4.69) is 4.98 Å². The molecule has 0 amide bonds. The molecule has 4 rings (SSSR count). The lowest BCUT2D eigenvalue weighted by molar-refractivity contribution is 0.0697. The summed E-state index contributed by atoms with van der Waals surface area (Å²) in [6.07, 6.45) is 5.37. The summed E-state index contributed by atoms with van der Waals surface area (Å²) < 4.78 is 16.8. The number of carbonyl (C=O) groups is 1. The molecule has 1 aromatic heterocycles. The Morgan fingerprint density at radius 2 is 1.93 bits per heavy atom. The van der Waals surface area contributed by atoms with Crippen molar-refractivity contribution in [2.75, 3.05) is 12.0 Å². The zero-order chi connectivity index (χ0) is 19.5. The molecule has 2 aromatic carbocycles. The molecule has 7 nitrogen and oxygen atoms in total. The number of aromatic nitrogens is 1. The molecule has 0 aliphatic heterocycles. The highest BCUT2D eigenvalue weighted by Crippen LogP contribution is 2.38. The highest BCUT2D eigenvalue weighted by molar-refractivity contribution is 5.88. The Labute approximate surface area is 162 Å². The molecular formula is C21H20N2O5. The first-order valence-corrected chi connectivity index (χ1v) is 8.97. The van der Waals surface area contributed by atoms with Crippen molar-refractivity contribution in [2.24, 2.45) is 0 Å². The smallest absolute Gasteiger partial charge is 0.335 e. The van der Waals surface area contributed by atoms with Crippen LogP contribution in [0.15, 0.2) is 59.5 Å². The number of anilines is 2. The Kier molecular flexibility index (Phi) is 4.89. The number of aromatic carboxylic acids is 1. The van der Waals surface area contributed by atoms with Crippen LogP contribution in [0.2, 0.25) is 0 Å². The van der Waals surface area contributed by atoms with Crippen molar-refractivity contribution < 1.29 is 23.8 Å². The molecule has 0 unspecified atom stereocenters. The number of rotatable bonds is 8. The number of nitrogens with zero attached hydrogens (tertiary/aromatic N) is 2. The highest BCUT2D eigenvalue weighted by atomic mass is 16.5. The minimum absolute atomic E-state index is 0.232. The third kappa shape index (κ3) is 3.93. The first kappa shape index (κ1) is 17.9. The van der Waals surface area contributed by atoms with Crippen LogP contribution in [-0.2, 0) is 6.54 Å². The number of hydrogen-bond donors (Lipinski definition) is 1. The van der Waals surface area contributed by atoms with Crippen LogP contribution >= 0.6 is 0 Å². The van der Waals surface area contributed by atoms with E-state index in [1.807, 2.05) is 23.1 Å². The van der Waals surface area contributed by atoms with Gasteiger partial charge in [-0.3, -0.25) is 0 Å². The average molecular weight is 380 g/mol. The van der Waals surface area contributed by atoms with Crippen molar-refractivity contribution in [3.8, 4) is 11.5 Å². The van der Waals surface area contributed by atoms with Crippen LogP contribution < -0.4 is 14.4 Å². The van der Waals surface area contributed by atoms with Crippen LogP contribution in [0.5, 0.6) is 11.5 Å². The van der Waals surface area contributed by atoms with E-state index in [1.54, 1.807) is 37.6 Å². The van der Waals surface area contributed by atoms with Crippen LogP contribution in [0.1, 0.15) is 29.0 Å². The van der Waals surface area contributed by atoms with Gasteiger partial charge in [-0.25, -0.2) is 9.78 Å². The second kappa shape index (κ2) is 7.64. The van der Waals surface area contributed by atoms with Gasteiger partial charge in [0, 0.05) is 17.4 Å². The summed E-state index contributed by atoms with van der Waals surface area (Å²) in [5, 5.41) is 9.16. The fraction of sp³-hybridized carbons (Fsp3) is 0.238. The van der Waals surface area contributed by atoms with E-state index in [0.717, 1.165) is 24.2 Å². The molecule has 1 saturated carbocycles. The quantitative estimate of drug-likeness (QED) is 0.625. The normalized spacial score (nSPS) is 13.2. The van der Waals surface area contributed by atoms with Crippen molar-refractivity contribution >= 4 is 17.3 Å². The Balaban J connectivity index is 1.71. The lowest BCUT2D eigenvalue weighted by Gasteiger charge is -2.25. The van der Waals surface area contributed by atoms with Crippen LogP contribution in [0.4, 0.5) is 11.4 Å². The maximum Gasteiger partial charge on any atom is 0.335 e. The molecule has 1 N–H and O–H groups in total. The summed E-state index contributed by atoms with van der Waals surface area (Å²) in [7, 11) is 1.62. The van der Waals surface area contributed by atoms with Gasteiger partial charge in [0.15, 0.2) is 17.9 Å². The van der Waals surface area contributed by atoms with Gasteiger partial charge < -0.3 is 23.9 Å². The number of benzene rings is 2. The summed E-state index contributed by atoms with van der Waals surface area (Å²) in [6, 6.07) is 12.4. The summed E-state index contributed by atoms with van der Waals surface area (Å²) in [6.45, 7) is 0.432. The van der Waals surface area contributed by atoms with Gasteiger partial charge in [0.1, 0.15) is 5.76 Å². The van der Waals surface area contributed by atoms with Crippen molar-refractivity contribution in [2.45, 2.75) is 25.5 Å². The molecule has 0 saturated heterocycles. The van der Waals surface area contributed by atoms with E-state index < -0.39 is 5.97 Å². The molecule has 0 atom stereocenters. The maximum atomic E-state index is 11.2. The minimum atomic E-state index is -0.960. The molecule has 1 fully saturated rings. The van der Waals surface area contributed by atoms with E-state index in [9.17, 15) is 4.79 Å². The van der Waals surface area contributed by atoms with E-state index in [4.69, 9.17) is 19.0 Å². The Bertz CT molecular complexity index is 949. The van der Waals surface area contributed by atoms with Gasteiger partial charge in [0.2, 0.25) is 0 Å². The molecule has 144 valence electrons. The number of methoxy groups -OCH3 is 1. The molecule has 0 radical (unpaired) electrons. The van der Waals surface area contributed by atoms with E-state index in [1.165, 1.54) is 6.39 Å². The number of carboxylic acids is 1. The van der Waals surface area contributed by atoms with E-state index in [-0.39, 0.29) is 11.7 Å². The van der Waals surface area contributed by atoms with Crippen LogP contribution in [0.3, 0.4) is 0 Å².